The van der Waals surface area contributed by atoms with Crippen LogP contribution in [0.3, 0.4) is 0 Å². The van der Waals surface area contributed by atoms with Crippen LogP contribution >= 0.6 is 12.2 Å². The minimum Gasteiger partial charge on any atom is -0.351 e. The summed E-state index contributed by atoms with van der Waals surface area (Å²) >= 11 is 5.82. The van der Waals surface area contributed by atoms with Gasteiger partial charge in [0.1, 0.15) is 6.04 Å². The molecule has 1 saturated heterocycles. The Morgan fingerprint density at radius 1 is 1.04 bits per heavy atom. The van der Waals surface area contributed by atoms with Crippen molar-refractivity contribution in [2.24, 2.45) is 0 Å². The third-order valence-corrected chi connectivity index (χ3v) is 5.57. The number of nitrogens with one attached hydrogen (secondary N) is 1. The molecule has 2 atom stereocenters. The van der Waals surface area contributed by atoms with Gasteiger partial charge in [-0.1, -0.05) is 12.1 Å². The molecule has 144 valence electrons. The molecule has 2 aromatic heterocycles. The zero-order chi connectivity index (χ0) is 19.8. The Labute approximate surface area is 172 Å². The third-order valence-electron chi connectivity index (χ3n) is 5.25. The molecule has 0 spiro atoms. The van der Waals surface area contributed by atoms with Gasteiger partial charge in [-0.25, -0.2) is 0 Å². The van der Waals surface area contributed by atoms with E-state index in [4.69, 9.17) is 12.2 Å². The van der Waals surface area contributed by atoms with Crippen LogP contribution in [0.1, 0.15) is 54.5 Å². The fourth-order valence-electron chi connectivity index (χ4n) is 4.15. The lowest BCUT2D eigenvalue weighted by Gasteiger charge is -2.30. The van der Waals surface area contributed by atoms with Gasteiger partial charge in [-0.3, -0.25) is 4.98 Å². The van der Waals surface area contributed by atoms with Crippen molar-refractivity contribution in [2.75, 3.05) is 4.90 Å². The van der Waals surface area contributed by atoms with E-state index >= 15 is 0 Å². The van der Waals surface area contributed by atoms with Crippen LogP contribution in [0.4, 0.5) is 5.69 Å². The standard InChI is InChI=1S/C23H26N4S/c1-15(2)26-11-7-9-20(26)22-21(19-8-5-6-10-24-19)25-23(28)27(22)18-13-16(3)12-17(4)14-18/h5-15,21-22H,1-4H3,(H,25,28)/t21-,22-/m1/s1. The SMILES string of the molecule is Cc1cc(C)cc(N2C(=S)N[C@H](c3ccccn3)[C@H]2c2cccn2C(C)C)c1. The molecular formula is C23H26N4S. The van der Waals surface area contributed by atoms with E-state index in [0.717, 1.165) is 16.5 Å². The number of rotatable bonds is 4. The smallest absolute Gasteiger partial charge is 0.174 e. The Kier molecular flexibility index (Phi) is 4.94. The van der Waals surface area contributed by atoms with Crippen molar-refractivity contribution in [2.45, 2.75) is 45.8 Å². The maximum absolute atomic E-state index is 5.82. The number of hydrogen-bond donors (Lipinski definition) is 1. The van der Waals surface area contributed by atoms with Crippen molar-refractivity contribution < 1.29 is 0 Å². The first-order chi connectivity index (χ1) is 13.5. The molecule has 4 rings (SSSR count). The summed E-state index contributed by atoms with van der Waals surface area (Å²) in [7, 11) is 0. The molecule has 1 fully saturated rings. The summed E-state index contributed by atoms with van der Waals surface area (Å²) in [6.07, 6.45) is 3.99. The lowest BCUT2D eigenvalue weighted by molar-refractivity contribution is 0.497. The zero-order valence-electron chi connectivity index (χ0n) is 16.8. The highest BCUT2D eigenvalue weighted by atomic mass is 32.1. The molecule has 3 heterocycles. The summed E-state index contributed by atoms with van der Waals surface area (Å²) in [6.45, 7) is 8.68. The highest BCUT2D eigenvalue weighted by Crippen LogP contribution is 2.42. The van der Waals surface area contributed by atoms with Crippen LogP contribution < -0.4 is 10.2 Å². The van der Waals surface area contributed by atoms with E-state index in [-0.39, 0.29) is 12.1 Å². The predicted octanol–water partition coefficient (Wildman–Crippen LogP) is 5.26. The van der Waals surface area contributed by atoms with Gasteiger partial charge < -0.3 is 14.8 Å². The quantitative estimate of drug-likeness (QED) is 0.616. The van der Waals surface area contributed by atoms with Gasteiger partial charge in [0, 0.05) is 29.8 Å². The largest absolute Gasteiger partial charge is 0.351 e. The van der Waals surface area contributed by atoms with Crippen molar-refractivity contribution in [1.29, 1.82) is 0 Å². The average molecular weight is 391 g/mol. The highest BCUT2D eigenvalue weighted by Gasteiger charge is 2.42. The molecule has 1 aliphatic rings. The zero-order valence-corrected chi connectivity index (χ0v) is 17.6. The van der Waals surface area contributed by atoms with Crippen molar-refractivity contribution >= 4 is 23.0 Å². The Hall–Kier alpha value is -2.66. The van der Waals surface area contributed by atoms with E-state index in [1.165, 1.54) is 16.8 Å². The number of hydrogen-bond acceptors (Lipinski definition) is 2. The number of aryl methyl sites for hydroxylation is 2. The molecule has 1 N–H and O–H groups in total. The predicted molar refractivity (Wildman–Crippen MR) is 119 cm³/mol. The number of benzene rings is 1. The van der Waals surface area contributed by atoms with Gasteiger partial charge in [-0.05, 0) is 87.4 Å². The number of nitrogens with zero attached hydrogens (tertiary/aromatic N) is 3. The molecule has 28 heavy (non-hydrogen) atoms. The van der Waals surface area contributed by atoms with E-state index in [9.17, 15) is 0 Å². The maximum atomic E-state index is 5.82. The minimum absolute atomic E-state index is 0.0121. The molecule has 1 aromatic carbocycles. The van der Waals surface area contributed by atoms with Gasteiger partial charge in [0.25, 0.3) is 0 Å². The van der Waals surface area contributed by atoms with Gasteiger partial charge >= 0.3 is 0 Å². The Balaban J connectivity index is 1.88. The highest BCUT2D eigenvalue weighted by molar-refractivity contribution is 7.80. The summed E-state index contributed by atoms with van der Waals surface area (Å²) in [5.74, 6) is 0. The summed E-state index contributed by atoms with van der Waals surface area (Å²) in [4.78, 5) is 6.89. The normalized spacial score (nSPS) is 19.3. The Morgan fingerprint density at radius 3 is 2.43 bits per heavy atom. The Morgan fingerprint density at radius 2 is 1.79 bits per heavy atom. The molecule has 1 aliphatic heterocycles. The molecule has 0 aliphatic carbocycles. The van der Waals surface area contributed by atoms with Gasteiger partial charge in [0.2, 0.25) is 0 Å². The second-order valence-corrected chi connectivity index (χ2v) is 8.16. The summed E-state index contributed by atoms with van der Waals surface area (Å²) in [5, 5.41) is 4.28. The number of pyridine rings is 1. The van der Waals surface area contributed by atoms with E-state index in [2.05, 4.69) is 90.1 Å². The van der Waals surface area contributed by atoms with Crippen LogP contribution in [0.25, 0.3) is 0 Å². The van der Waals surface area contributed by atoms with Crippen molar-refractivity contribution in [3.8, 4) is 0 Å². The summed E-state index contributed by atoms with van der Waals surface area (Å²) in [5.41, 5.74) is 5.82. The summed E-state index contributed by atoms with van der Waals surface area (Å²) in [6, 6.07) is 17.4. The molecule has 0 saturated carbocycles. The molecule has 3 aromatic rings. The van der Waals surface area contributed by atoms with E-state index in [1.807, 2.05) is 18.3 Å². The third kappa shape index (κ3) is 3.31. The minimum atomic E-state index is -0.0121. The first kappa shape index (κ1) is 18.7. The monoisotopic (exact) mass is 390 g/mol. The Bertz CT molecular complexity index is 973. The van der Waals surface area contributed by atoms with Gasteiger partial charge in [-0.15, -0.1) is 0 Å². The lowest BCUT2D eigenvalue weighted by atomic mass is 10.00. The van der Waals surface area contributed by atoms with Crippen LogP contribution in [0, 0.1) is 13.8 Å². The van der Waals surface area contributed by atoms with Crippen molar-refractivity contribution in [3.63, 3.8) is 0 Å². The van der Waals surface area contributed by atoms with E-state index in [1.54, 1.807) is 0 Å². The van der Waals surface area contributed by atoms with Crippen LogP contribution in [0.2, 0.25) is 0 Å². The van der Waals surface area contributed by atoms with Crippen LogP contribution in [0.5, 0.6) is 0 Å². The molecule has 0 amide bonds. The fraction of sp³-hybridized carbons (Fsp3) is 0.304. The number of thiocarbonyl (C=S) groups is 1. The summed E-state index contributed by atoms with van der Waals surface area (Å²) < 4.78 is 2.33. The molecule has 5 heteroatoms. The van der Waals surface area contributed by atoms with E-state index in [0.29, 0.717) is 6.04 Å². The molecule has 4 nitrogen and oxygen atoms in total. The molecule has 0 bridgehead atoms. The molecule has 0 radical (unpaired) electrons. The van der Waals surface area contributed by atoms with E-state index < -0.39 is 0 Å². The second-order valence-electron chi connectivity index (χ2n) is 7.78. The van der Waals surface area contributed by atoms with Gasteiger partial charge in [-0.2, -0.15) is 0 Å². The number of anilines is 1. The fourth-order valence-corrected chi connectivity index (χ4v) is 4.50. The first-order valence-corrected chi connectivity index (χ1v) is 10.1. The van der Waals surface area contributed by atoms with Crippen LogP contribution in [-0.4, -0.2) is 14.7 Å². The van der Waals surface area contributed by atoms with Gasteiger partial charge in [0.15, 0.2) is 5.11 Å². The molecular weight excluding hydrogens is 364 g/mol. The van der Waals surface area contributed by atoms with Crippen LogP contribution in [0.15, 0.2) is 60.9 Å². The maximum Gasteiger partial charge on any atom is 0.174 e. The first-order valence-electron chi connectivity index (χ1n) is 9.71. The van der Waals surface area contributed by atoms with Gasteiger partial charge in [0.05, 0.1) is 11.7 Å². The second kappa shape index (κ2) is 7.40. The topological polar surface area (TPSA) is 33.1 Å². The van der Waals surface area contributed by atoms with Crippen molar-refractivity contribution in [3.05, 3.63) is 83.4 Å². The number of aromatic nitrogens is 2. The average Bonchev–Trinajstić information content (AvgIpc) is 3.25. The van der Waals surface area contributed by atoms with Crippen molar-refractivity contribution in [1.82, 2.24) is 14.9 Å². The molecule has 0 unspecified atom stereocenters. The lowest BCUT2D eigenvalue weighted by Crippen LogP contribution is -2.30. The van der Waals surface area contributed by atoms with Crippen LogP contribution in [-0.2, 0) is 0 Å².